The third-order valence-corrected chi connectivity index (χ3v) is 2.12. The molecular weight excluding hydrogens is 409 g/mol. The van der Waals surface area contributed by atoms with Gasteiger partial charge in [0, 0.05) is 11.5 Å². The quantitative estimate of drug-likeness (QED) is 0.424. The maximum Gasteiger partial charge on any atom is 2.00 e. The molecule has 0 aromatic heterocycles. The summed E-state index contributed by atoms with van der Waals surface area (Å²) in [6.07, 6.45) is 0. The van der Waals surface area contributed by atoms with Crippen LogP contribution in [0.5, 0.6) is 0 Å². The summed E-state index contributed by atoms with van der Waals surface area (Å²) < 4.78 is 56.7. The van der Waals surface area contributed by atoms with E-state index in [-0.39, 0.29) is 39.2 Å². The van der Waals surface area contributed by atoms with Gasteiger partial charge in [0.15, 0.2) is 0 Å². The Hall–Kier alpha value is 0.755. The molecule has 6 nitrogen and oxygen atoms in total. The number of hydrogen-bond donors (Lipinski definition) is 0. The normalized spacial score (nSPS) is 10.8. The Morgan fingerprint density at radius 1 is 0.846 bits per heavy atom. The first-order chi connectivity index (χ1) is 5.12. The van der Waals surface area contributed by atoms with E-state index in [0.717, 1.165) is 0 Å². The first-order valence-electron chi connectivity index (χ1n) is 2.99. The van der Waals surface area contributed by atoms with Crippen LogP contribution in [0, 0.1) is 0 Å². The van der Waals surface area contributed by atoms with Crippen LogP contribution >= 0.6 is 0 Å². The molecule has 0 aliphatic carbocycles. The van der Waals surface area contributed by atoms with Gasteiger partial charge in [-0.15, -0.1) is 0 Å². The Morgan fingerprint density at radius 3 is 0.923 bits per heavy atom. The molecule has 13 heavy (non-hydrogen) atoms. The van der Waals surface area contributed by atoms with Gasteiger partial charge in [-0.1, -0.05) is 13.8 Å². The molecule has 0 fully saturated rings. The van der Waals surface area contributed by atoms with E-state index >= 15 is 0 Å². The standard InChI is InChI=1S/2C2H6O3S.Hg/c2*1-2-6(3,4)5;/h2*2H2,1H3,(H,3,4,5);/q;;+2/p-2. The number of rotatable bonds is 2. The molecule has 0 aromatic carbocycles. The molecule has 9 heteroatoms. The zero-order chi connectivity index (χ0) is 10.4. The van der Waals surface area contributed by atoms with Crippen molar-refractivity contribution in [2.45, 2.75) is 13.8 Å². The molecule has 0 radical (unpaired) electrons. The molecule has 0 N–H and O–H groups in total. The molecule has 0 unspecified atom stereocenters. The van der Waals surface area contributed by atoms with Crippen molar-refractivity contribution in [2.75, 3.05) is 11.5 Å². The van der Waals surface area contributed by atoms with Crippen molar-refractivity contribution in [2.24, 2.45) is 0 Å². The molecule has 0 spiro atoms. The maximum atomic E-state index is 9.44. The Bertz CT molecular complexity index is 259. The fraction of sp³-hybridized carbons (Fsp3) is 1.00. The summed E-state index contributed by atoms with van der Waals surface area (Å²) >= 11 is 0. The molecule has 0 aliphatic rings. The van der Waals surface area contributed by atoms with Gasteiger partial charge in [-0.25, -0.2) is 16.8 Å². The van der Waals surface area contributed by atoms with Crippen LogP contribution in [0.4, 0.5) is 0 Å². The molecule has 0 atom stereocenters. The van der Waals surface area contributed by atoms with Crippen molar-refractivity contribution in [1.82, 2.24) is 0 Å². The average molecular weight is 419 g/mol. The second-order valence-electron chi connectivity index (χ2n) is 1.69. The van der Waals surface area contributed by atoms with Crippen LogP contribution in [0.15, 0.2) is 0 Å². The summed E-state index contributed by atoms with van der Waals surface area (Å²) in [5, 5.41) is 0. The SMILES string of the molecule is CCS(=O)(=O)[O-].CCS(=O)(=O)[O-].[Hg+2]. The van der Waals surface area contributed by atoms with Gasteiger partial charge in [-0.3, -0.25) is 0 Å². The van der Waals surface area contributed by atoms with Crippen LogP contribution in [0.2, 0.25) is 0 Å². The minimum Gasteiger partial charge on any atom is -0.748 e. The van der Waals surface area contributed by atoms with E-state index in [1.54, 1.807) is 0 Å². The van der Waals surface area contributed by atoms with Crippen LogP contribution < -0.4 is 0 Å². The van der Waals surface area contributed by atoms with Crippen molar-refractivity contribution in [3.63, 3.8) is 0 Å². The molecule has 0 amide bonds. The minimum atomic E-state index is -3.91. The molecular formula is C4H10HgO6S2. The molecule has 0 aromatic rings. The van der Waals surface area contributed by atoms with E-state index in [9.17, 15) is 25.9 Å². The Morgan fingerprint density at radius 2 is 0.923 bits per heavy atom. The summed E-state index contributed by atoms with van der Waals surface area (Å²) in [6.45, 7) is 2.62. The third-order valence-electron chi connectivity index (χ3n) is 0.707. The number of hydrogen-bond acceptors (Lipinski definition) is 6. The van der Waals surface area contributed by atoms with Crippen molar-refractivity contribution in [1.29, 1.82) is 0 Å². The smallest absolute Gasteiger partial charge is 0.748 e. The molecule has 0 bridgehead atoms. The van der Waals surface area contributed by atoms with Gasteiger partial charge in [0.1, 0.15) is 0 Å². The van der Waals surface area contributed by atoms with Gasteiger partial charge in [0.25, 0.3) is 0 Å². The first kappa shape index (κ1) is 19.3. The van der Waals surface area contributed by atoms with Crippen LogP contribution in [-0.2, 0) is 47.9 Å². The van der Waals surface area contributed by atoms with E-state index in [1.165, 1.54) is 13.8 Å². The Labute approximate surface area is 98.7 Å². The maximum absolute atomic E-state index is 9.44. The second kappa shape index (κ2) is 8.10. The molecule has 76 valence electrons. The fourth-order valence-electron chi connectivity index (χ4n) is 0. The largest absolute Gasteiger partial charge is 2.00 e. The van der Waals surface area contributed by atoms with Crippen LogP contribution in [0.1, 0.15) is 13.8 Å². The fourth-order valence-corrected chi connectivity index (χ4v) is 0. The van der Waals surface area contributed by atoms with Gasteiger partial charge in [0.2, 0.25) is 0 Å². The summed E-state index contributed by atoms with van der Waals surface area (Å²) in [7, 11) is -7.82. The second-order valence-corrected chi connectivity index (χ2v) is 5.08. The van der Waals surface area contributed by atoms with Crippen LogP contribution in [-0.4, -0.2) is 37.4 Å². The van der Waals surface area contributed by atoms with Crippen molar-refractivity contribution in [3.8, 4) is 0 Å². The molecule has 0 heterocycles. The van der Waals surface area contributed by atoms with E-state index in [1.807, 2.05) is 0 Å². The average Bonchev–Trinajstić information content (AvgIpc) is 1.86. The van der Waals surface area contributed by atoms with Gasteiger partial charge >= 0.3 is 27.7 Å². The monoisotopic (exact) mass is 420 g/mol. The van der Waals surface area contributed by atoms with E-state index in [2.05, 4.69) is 0 Å². The topological polar surface area (TPSA) is 114 Å². The predicted molar refractivity (Wildman–Crippen MR) is 40.5 cm³/mol. The van der Waals surface area contributed by atoms with Gasteiger partial charge < -0.3 is 9.11 Å². The van der Waals surface area contributed by atoms with Gasteiger partial charge in [0.05, 0.1) is 20.2 Å². The summed E-state index contributed by atoms with van der Waals surface area (Å²) in [4.78, 5) is 0. The first-order valence-corrected chi connectivity index (χ1v) is 6.15. The van der Waals surface area contributed by atoms with Crippen molar-refractivity contribution >= 4 is 20.2 Å². The van der Waals surface area contributed by atoms with Gasteiger partial charge in [-0.2, -0.15) is 0 Å². The Kier molecular flexibility index (Phi) is 12.0. The summed E-state index contributed by atoms with van der Waals surface area (Å²) in [6, 6.07) is 0. The molecule has 0 aliphatic heterocycles. The zero-order valence-electron chi connectivity index (χ0n) is 7.39. The molecule has 0 rings (SSSR count). The van der Waals surface area contributed by atoms with E-state index in [4.69, 9.17) is 0 Å². The van der Waals surface area contributed by atoms with E-state index < -0.39 is 20.2 Å². The molecule has 0 saturated carbocycles. The third kappa shape index (κ3) is 32.3. The Balaban J connectivity index is -0.000000143. The minimum absolute atomic E-state index is 0. The van der Waals surface area contributed by atoms with Crippen LogP contribution in [0.25, 0.3) is 0 Å². The van der Waals surface area contributed by atoms with E-state index in [0.29, 0.717) is 0 Å². The predicted octanol–water partition coefficient (Wildman–Crippen LogP) is -0.899. The zero-order valence-corrected chi connectivity index (χ0v) is 14.5. The summed E-state index contributed by atoms with van der Waals surface area (Å²) in [5.41, 5.74) is 0. The van der Waals surface area contributed by atoms with Gasteiger partial charge in [-0.05, 0) is 0 Å². The summed E-state index contributed by atoms with van der Waals surface area (Å²) in [5.74, 6) is -0.625. The molecule has 0 saturated heterocycles. The van der Waals surface area contributed by atoms with Crippen molar-refractivity contribution < 1.29 is 53.6 Å². The van der Waals surface area contributed by atoms with Crippen molar-refractivity contribution in [3.05, 3.63) is 0 Å². The van der Waals surface area contributed by atoms with Crippen LogP contribution in [0.3, 0.4) is 0 Å².